The number of nitrogens with zero attached hydrogens (tertiary/aromatic N) is 2. The first kappa shape index (κ1) is 16.1. The lowest BCUT2D eigenvalue weighted by Gasteiger charge is -2.26. The number of aryl methyl sites for hydroxylation is 1. The first-order valence-corrected chi connectivity index (χ1v) is 9.31. The molecule has 1 aromatic rings. The lowest BCUT2D eigenvalue weighted by atomic mass is 10.1. The highest BCUT2D eigenvalue weighted by molar-refractivity contribution is 7.89. The molecule has 2 aliphatic heterocycles. The third-order valence-electron chi connectivity index (χ3n) is 4.34. The second-order valence-corrected chi connectivity index (χ2v) is 8.02. The summed E-state index contributed by atoms with van der Waals surface area (Å²) in [6, 6.07) is 6.74. The van der Waals surface area contributed by atoms with Crippen molar-refractivity contribution in [3.05, 3.63) is 53.4 Å². The largest absolute Gasteiger partial charge is 0.510 e. The number of rotatable bonds is 4. The number of likely N-dealkylation sites (tertiary alicyclic amines) is 1. The molecule has 23 heavy (non-hydrogen) atoms. The predicted molar refractivity (Wildman–Crippen MR) is 89.5 cm³/mol. The molecule has 0 atom stereocenters. The zero-order chi connectivity index (χ0) is 16.4. The van der Waals surface area contributed by atoms with E-state index < -0.39 is 10.0 Å². The molecule has 0 bridgehead atoms. The van der Waals surface area contributed by atoms with E-state index in [0.717, 1.165) is 24.2 Å². The average Bonchev–Trinajstić information content (AvgIpc) is 3.03. The van der Waals surface area contributed by atoms with Gasteiger partial charge in [0, 0.05) is 18.3 Å². The molecule has 6 heteroatoms. The minimum absolute atomic E-state index is 0.00408. The molecule has 5 nitrogen and oxygen atoms in total. The summed E-state index contributed by atoms with van der Waals surface area (Å²) in [5.74, 6) is 0.134. The molecule has 124 valence electrons. The van der Waals surface area contributed by atoms with E-state index in [1.165, 1.54) is 17.1 Å². The van der Waals surface area contributed by atoms with Crippen molar-refractivity contribution in [3.63, 3.8) is 0 Å². The van der Waals surface area contributed by atoms with Crippen LogP contribution in [0.3, 0.4) is 0 Å². The van der Waals surface area contributed by atoms with Crippen LogP contribution in [-0.4, -0.2) is 48.9 Å². The van der Waals surface area contributed by atoms with Gasteiger partial charge in [-0.15, -0.1) is 0 Å². The van der Waals surface area contributed by atoms with Crippen molar-refractivity contribution in [2.45, 2.75) is 24.7 Å². The molecule has 3 rings (SSSR count). The van der Waals surface area contributed by atoms with Crippen LogP contribution in [0.2, 0.25) is 0 Å². The maximum absolute atomic E-state index is 12.6. The van der Waals surface area contributed by atoms with E-state index in [2.05, 4.69) is 4.90 Å². The summed E-state index contributed by atoms with van der Waals surface area (Å²) in [5, 5.41) is 10.2. The van der Waals surface area contributed by atoms with Crippen molar-refractivity contribution in [1.29, 1.82) is 0 Å². The van der Waals surface area contributed by atoms with E-state index in [1.54, 1.807) is 36.5 Å². The minimum atomic E-state index is -3.62. The van der Waals surface area contributed by atoms with Crippen LogP contribution in [0.1, 0.15) is 18.4 Å². The fourth-order valence-corrected chi connectivity index (χ4v) is 4.17. The Morgan fingerprint density at radius 1 is 1.13 bits per heavy atom. The fourth-order valence-electron chi connectivity index (χ4n) is 2.91. The van der Waals surface area contributed by atoms with Crippen molar-refractivity contribution < 1.29 is 13.5 Å². The van der Waals surface area contributed by atoms with Crippen molar-refractivity contribution >= 4 is 10.0 Å². The number of hydrogen-bond donors (Lipinski definition) is 1. The van der Waals surface area contributed by atoms with Gasteiger partial charge in [-0.3, -0.25) is 9.21 Å². The highest BCUT2D eigenvalue weighted by Crippen LogP contribution is 2.23. The molecule has 1 N–H and O–H groups in total. The second kappa shape index (κ2) is 6.37. The Morgan fingerprint density at radius 3 is 2.39 bits per heavy atom. The third-order valence-corrected chi connectivity index (χ3v) is 6.07. The summed E-state index contributed by atoms with van der Waals surface area (Å²) < 4.78 is 26.4. The van der Waals surface area contributed by atoms with Gasteiger partial charge in [-0.25, -0.2) is 8.42 Å². The van der Waals surface area contributed by atoms with Crippen molar-refractivity contribution in [2.75, 3.05) is 26.2 Å². The first-order valence-electron chi connectivity index (χ1n) is 7.87. The summed E-state index contributed by atoms with van der Waals surface area (Å²) in [4.78, 5) is 2.52. The Kier molecular flexibility index (Phi) is 4.46. The van der Waals surface area contributed by atoms with E-state index in [1.807, 2.05) is 6.92 Å². The molecule has 1 fully saturated rings. The normalized spacial score (nSPS) is 19.6. The van der Waals surface area contributed by atoms with Crippen molar-refractivity contribution in [1.82, 2.24) is 9.21 Å². The maximum Gasteiger partial charge on any atom is 0.264 e. The van der Waals surface area contributed by atoms with Crippen molar-refractivity contribution in [3.8, 4) is 0 Å². The Labute approximate surface area is 137 Å². The van der Waals surface area contributed by atoms with E-state index >= 15 is 0 Å². The standard InChI is InChI=1S/C17H22N2O3S/c1-14-4-6-16(7-5-14)23(21,22)19-11-8-15(17(20)13-19)12-18-9-2-3-10-18/h4-8,11,20H,2-3,9-10,12-13H2,1H3. The second-order valence-electron chi connectivity index (χ2n) is 6.13. The third kappa shape index (κ3) is 3.43. The Bertz CT molecular complexity index is 730. The van der Waals surface area contributed by atoms with Crippen LogP contribution in [0.25, 0.3) is 0 Å². The number of benzene rings is 1. The molecule has 1 saturated heterocycles. The lowest BCUT2D eigenvalue weighted by molar-refractivity contribution is 0.328. The Hall–Kier alpha value is -1.79. The molecule has 0 saturated carbocycles. The monoisotopic (exact) mass is 334 g/mol. The van der Waals surface area contributed by atoms with Crippen LogP contribution in [0.5, 0.6) is 0 Å². The number of aliphatic hydroxyl groups excluding tert-OH is 1. The SMILES string of the molecule is Cc1ccc(S(=O)(=O)N2C=CC(CN3CCCC3)=C(O)C2)cc1. The topological polar surface area (TPSA) is 60.9 Å². The summed E-state index contributed by atoms with van der Waals surface area (Å²) in [7, 11) is -3.62. The molecule has 2 aliphatic rings. The molecule has 0 radical (unpaired) electrons. The quantitative estimate of drug-likeness (QED) is 0.919. The van der Waals surface area contributed by atoms with Crippen LogP contribution >= 0.6 is 0 Å². The average molecular weight is 334 g/mol. The fraction of sp³-hybridized carbons (Fsp3) is 0.412. The highest BCUT2D eigenvalue weighted by atomic mass is 32.2. The number of sulfonamides is 1. The van der Waals surface area contributed by atoms with Gasteiger partial charge in [0.25, 0.3) is 10.0 Å². The van der Waals surface area contributed by atoms with Gasteiger partial charge >= 0.3 is 0 Å². The van der Waals surface area contributed by atoms with Crippen molar-refractivity contribution in [2.24, 2.45) is 0 Å². The summed E-state index contributed by atoms with van der Waals surface area (Å²) in [6.45, 7) is 4.67. The number of aliphatic hydroxyl groups is 1. The minimum Gasteiger partial charge on any atom is -0.510 e. The summed E-state index contributed by atoms with van der Waals surface area (Å²) in [6.07, 6.45) is 5.64. The van der Waals surface area contributed by atoms with E-state index in [0.29, 0.717) is 6.54 Å². The zero-order valence-corrected chi connectivity index (χ0v) is 14.1. The van der Waals surface area contributed by atoms with Crippen LogP contribution in [0.15, 0.2) is 52.8 Å². The summed E-state index contributed by atoms with van der Waals surface area (Å²) in [5.41, 5.74) is 1.82. The molecule has 2 heterocycles. The Morgan fingerprint density at radius 2 is 1.78 bits per heavy atom. The zero-order valence-electron chi connectivity index (χ0n) is 13.3. The molecule has 1 aromatic carbocycles. The van der Waals surface area contributed by atoms with Gasteiger partial charge in [-0.05, 0) is 51.1 Å². The van der Waals surface area contributed by atoms with Gasteiger partial charge < -0.3 is 5.11 Å². The molecule has 0 spiro atoms. The van der Waals surface area contributed by atoms with E-state index in [9.17, 15) is 13.5 Å². The molecule has 0 amide bonds. The number of hydrogen-bond acceptors (Lipinski definition) is 4. The molecule has 0 aliphatic carbocycles. The van der Waals surface area contributed by atoms with Gasteiger partial charge in [0.15, 0.2) is 0 Å². The van der Waals surface area contributed by atoms with Crippen LogP contribution in [-0.2, 0) is 10.0 Å². The molecular formula is C17H22N2O3S. The van der Waals surface area contributed by atoms with Crippen LogP contribution in [0, 0.1) is 6.92 Å². The van der Waals surface area contributed by atoms with Gasteiger partial charge in [-0.1, -0.05) is 17.7 Å². The molecule has 0 unspecified atom stereocenters. The smallest absolute Gasteiger partial charge is 0.264 e. The predicted octanol–water partition coefficient (Wildman–Crippen LogP) is 2.42. The van der Waals surface area contributed by atoms with Gasteiger partial charge in [0.2, 0.25) is 0 Å². The van der Waals surface area contributed by atoms with Gasteiger partial charge in [-0.2, -0.15) is 0 Å². The van der Waals surface area contributed by atoms with Crippen LogP contribution < -0.4 is 0 Å². The van der Waals surface area contributed by atoms with E-state index in [4.69, 9.17) is 0 Å². The molecule has 0 aromatic heterocycles. The highest BCUT2D eigenvalue weighted by Gasteiger charge is 2.26. The lowest BCUT2D eigenvalue weighted by Crippen LogP contribution is -2.32. The molecular weight excluding hydrogens is 312 g/mol. The van der Waals surface area contributed by atoms with E-state index in [-0.39, 0.29) is 17.2 Å². The van der Waals surface area contributed by atoms with Gasteiger partial charge in [0.1, 0.15) is 5.76 Å². The van der Waals surface area contributed by atoms with Gasteiger partial charge in [0.05, 0.1) is 11.4 Å². The Balaban J connectivity index is 1.75. The maximum atomic E-state index is 12.6. The van der Waals surface area contributed by atoms with Crippen LogP contribution in [0.4, 0.5) is 0 Å². The first-order chi connectivity index (χ1) is 11.0. The summed E-state index contributed by atoms with van der Waals surface area (Å²) >= 11 is 0.